The number of amides is 1. The van der Waals surface area contributed by atoms with Crippen LogP contribution in [0.5, 0.6) is 5.75 Å². The summed E-state index contributed by atoms with van der Waals surface area (Å²) in [5.41, 5.74) is 4.61. The molecule has 0 saturated carbocycles. The molecule has 0 atom stereocenters. The number of hydrogen-bond donors (Lipinski definition) is 1. The number of hydrazine groups is 1. The number of carbonyl (C=O) groups is 1. The van der Waals surface area contributed by atoms with Crippen molar-refractivity contribution in [2.75, 3.05) is 14.2 Å². The van der Waals surface area contributed by atoms with Gasteiger partial charge in [-0.05, 0) is 49.4 Å². The largest absolute Gasteiger partial charge is 0.496 e. The van der Waals surface area contributed by atoms with E-state index >= 15 is 0 Å². The van der Waals surface area contributed by atoms with E-state index in [-0.39, 0.29) is 5.91 Å². The fourth-order valence-corrected chi connectivity index (χ4v) is 2.13. The molecule has 1 aromatic rings. The lowest BCUT2D eigenvalue weighted by Gasteiger charge is -2.16. The third kappa shape index (κ3) is 3.01. The molecule has 18 heavy (non-hydrogen) atoms. The summed E-state index contributed by atoms with van der Waals surface area (Å²) in [5.74, 6) is 6.28. The Hall–Kier alpha value is -1.55. The number of ether oxygens (including phenoxy) is 1. The zero-order chi connectivity index (χ0) is 13.9. The Labute approximate surface area is 109 Å². The van der Waals surface area contributed by atoms with Crippen LogP contribution in [0.4, 0.5) is 0 Å². The highest BCUT2D eigenvalue weighted by Gasteiger charge is 2.12. The van der Waals surface area contributed by atoms with E-state index in [9.17, 15) is 4.79 Å². The third-order valence-corrected chi connectivity index (χ3v) is 3.34. The highest BCUT2D eigenvalue weighted by Crippen LogP contribution is 2.29. The zero-order valence-electron chi connectivity index (χ0n) is 11.8. The Morgan fingerprint density at radius 1 is 1.33 bits per heavy atom. The molecule has 0 fully saturated rings. The van der Waals surface area contributed by atoms with Crippen LogP contribution in [0, 0.1) is 20.8 Å². The molecular weight excluding hydrogens is 228 g/mol. The number of benzene rings is 1. The van der Waals surface area contributed by atoms with Crippen molar-refractivity contribution in [1.29, 1.82) is 0 Å². The van der Waals surface area contributed by atoms with Crippen LogP contribution in [-0.4, -0.2) is 25.1 Å². The van der Waals surface area contributed by atoms with E-state index < -0.39 is 0 Å². The van der Waals surface area contributed by atoms with Crippen LogP contribution in [0.1, 0.15) is 28.7 Å². The van der Waals surface area contributed by atoms with Gasteiger partial charge in [0.1, 0.15) is 5.75 Å². The number of rotatable bonds is 4. The van der Waals surface area contributed by atoms with Gasteiger partial charge in [0, 0.05) is 13.5 Å². The van der Waals surface area contributed by atoms with Gasteiger partial charge in [-0.15, -0.1) is 0 Å². The van der Waals surface area contributed by atoms with Crippen molar-refractivity contribution in [3.8, 4) is 5.75 Å². The van der Waals surface area contributed by atoms with E-state index in [0.717, 1.165) is 21.9 Å². The SMILES string of the molecule is COc1c(C)cc(CCC(=O)N(C)N)c(C)c1C. The molecule has 0 aliphatic heterocycles. The smallest absolute Gasteiger partial charge is 0.236 e. The number of methoxy groups -OCH3 is 1. The third-order valence-electron chi connectivity index (χ3n) is 3.34. The normalized spacial score (nSPS) is 10.3. The lowest BCUT2D eigenvalue weighted by molar-refractivity contribution is -0.130. The summed E-state index contributed by atoms with van der Waals surface area (Å²) in [6.45, 7) is 6.12. The average molecular weight is 250 g/mol. The molecule has 1 rings (SSSR count). The fraction of sp³-hybridized carbons (Fsp3) is 0.500. The molecule has 0 aliphatic rings. The quantitative estimate of drug-likeness (QED) is 0.504. The minimum Gasteiger partial charge on any atom is -0.496 e. The molecular formula is C14H22N2O2. The highest BCUT2D eigenvalue weighted by atomic mass is 16.5. The molecule has 0 unspecified atom stereocenters. The van der Waals surface area contributed by atoms with Gasteiger partial charge in [0.2, 0.25) is 5.91 Å². The molecule has 4 heteroatoms. The van der Waals surface area contributed by atoms with Crippen molar-refractivity contribution in [1.82, 2.24) is 5.01 Å². The molecule has 4 nitrogen and oxygen atoms in total. The summed E-state index contributed by atoms with van der Waals surface area (Å²) in [4.78, 5) is 11.5. The zero-order valence-corrected chi connectivity index (χ0v) is 11.8. The van der Waals surface area contributed by atoms with Crippen molar-refractivity contribution in [2.24, 2.45) is 5.84 Å². The number of nitrogens with two attached hydrogens (primary N) is 1. The maximum atomic E-state index is 11.5. The molecule has 0 heterocycles. The van der Waals surface area contributed by atoms with Crippen LogP contribution in [-0.2, 0) is 11.2 Å². The Bertz CT molecular complexity index is 454. The number of nitrogens with zero attached hydrogens (tertiary/aromatic N) is 1. The molecule has 100 valence electrons. The van der Waals surface area contributed by atoms with Crippen LogP contribution in [0.15, 0.2) is 6.07 Å². The predicted molar refractivity (Wildman–Crippen MR) is 72.5 cm³/mol. The molecule has 1 amide bonds. The maximum absolute atomic E-state index is 11.5. The highest BCUT2D eigenvalue weighted by molar-refractivity contribution is 5.75. The minimum absolute atomic E-state index is 0.0551. The second-order valence-electron chi connectivity index (χ2n) is 4.64. The van der Waals surface area contributed by atoms with Gasteiger partial charge in [-0.3, -0.25) is 9.80 Å². The minimum atomic E-state index is -0.0551. The first-order valence-corrected chi connectivity index (χ1v) is 6.03. The van der Waals surface area contributed by atoms with Crippen LogP contribution in [0.25, 0.3) is 0 Å². The summed E-state index contributed by atoms with van der Waals surface area (Å²) in [5, 5.41) is 1.14. The van der Waals surface area contributed by atoms with Gasteiger partial charge in [0.15, 0.2) is 0 Å². The summed E-state index contributed by atoms with van der Waals surface area (Å²) in [6.07, 6.45) is 1.14. The van der Waals surface area contributed by atoms with Gasteiger partial charge in [-0.25, -0.2) is 5.84 Å². The van der Waals surface area contributed by atoms with E-state index in [1.165, 1.54) is 11.1 Å². The van der Waals surface area contributed by atoms with Crippen molar-refractivity contribution in [3.05, 3.63) is 28.3 Å². The van der Waals surface area contributed by atoms with E-state index in [2.05, 4.69) is 13.0 Å². The van der Waals surface area contributed by atoms with Crippen LogP contribution in [0.2, 0.25) is 0 Å². The lowest BCUT2D eigenvalue weighted by Crippen LogP contribution is -2.33. The monoisotopic (exact) mass is 250 g/mol. The Morgan fingerprint density at radius 3 is 2.44 bits per heavy atom. The van der Waals surface area contributed by atoms with Gasteiger partial charge in [0.05, 0.1) is 7.11 Å². The van der Waals surface area contributed by atoms with Crippen LogP contribution >= 0.6 is 0 Å². The van der Waals surface area contributed by atoms with E-state index in [1.54, 1.807) is 14.2 Å². The molecule has 0 saturated heterocycles. The first kappa shape index (κ1) is 14.5. The molecule has 2 N–H and O–H groups in total. The summed E-state index contributed by atoms with van der Waals surface area (Å²) < 4.78 is 5.38. The summed E-state index contributed by atoms with van der Waals surface area (Å²) in [6, 6.07) is 2.09. The molecule has 1 aromatic carbocycles. The lowest BCUT2D eigenvalue weighted by atomic mass is 9.95. The first-order valence-electron chi connectivity index (χ1n) is 6.03. The second-order valence-corrected chi connectivity index (χ2v) is 4.64. The molecule has 0 aromatic heterocycles. The summed E-state index contributed by atoms with van der Waals surface area (Å²) in [7, 11) is 3.25. The van der Waals surface area contributed by atoms with Crippen molar-refractivity contribution < 1.29 is 9.53 Å². The standard InChI is InChI=1S/C14H22N2O2/c1-9-8-12(6-7-13(17)16(4)15)10(2)11(3)14(9)18-5/h8H,6-7,15H2,1-5H3. The van der Waals surface area contributed by atoms with Gasteiger partial charge in [0.25, 0.3) is 0 Å². The molecule has 0 bridgehead atoms. The fourth-order valence-electron chi connectivity index (χ4n) is 2.13. The first-order chi connectivity index (χ1) is 8.38. The van der Waals surface area contributed by atoms with E-state index in [1.807, 2.05) is 13.8 Å². The van der Waals surface area contributed by atoms with Gasteiger partial charge in [-0.2, -0.15) is 0 Å². The van der Waals surface area contributed by atoms with Crippen molar-refractivity contribution >= 4 is 5.91 Å². The number of hydrogen-bond acceptors (Lipinski definition) is 3. The molecule has 0 spiro atoms. The Kier molecular flexibility index (Phi) is 4.73. The molecule has 0 aliphatic carbocycles. The summed E-state index contributed by atoms with van der Waals surface area (Å²) >= 11 is 0. The number of carbonyl (C=O) groups excluding carboxylic acids is 1. The second kappa shape index (κ2) is 5.87. The van der Waals surface area contributed by atoms with Crippen LogP contribution in [0.3, 0.4) is 0 Å². The van der Waals surface area contributed by atoms with Gasteiger partial charge >= 0.3 is 0 Å². The van der Waals surface area contributed by atoms with Crippen molar-refractivity contribution in [3.63, 3.8) is 0 Å². The Morgan fingerprint density at radius 2 is 1.94 bits per heavy atom. The average Bonchev–Trinajstić information content (AvgIpc) is 2.32. The number of aryl methyl sites for hydroxylation is 2. The van der Waals surface area contributed by atoms with Gasteiger partial charge < -0.3 is 4.74 Å². The van der Waals surface area contributed by atoms with E-state index in [4.69, 9.17) is 10.6 Å². The maximum Gasteiger partial charge on any atom is 0.236 e. The van der Waals surface area contributed by atoms with Crippen LogP contribution < -0.4 is 10.6 Å². The predicted octanol–water partition coefficient (Wildman–Crippen LogP) is 1.89. The topological polar surface area (TPSA) is 55.6 Å². The van der Waals surface area contributed by atoms with Gasteiger partial charge in [-0.1, -0.05) is 6.07 Å². The van der Waals surface area contributed by atoms with E-state index in [0.29, 0.717) is 12.8 Å². The Balaban J connectivity index is 2.94. The molecule has 0 radical (unpaired) electrons. The van der Waals surface area contributed by atoms with Crippen molar-refractivity contribution in [2.45, 2.75) is 33.6 Å².